The predicted molar refractivity (Wildman–Crippen MR) is 92.9 cm³/mol. The summed E-state index contributed by atoms with van der Waals surface area (Å²) in [5.74, 6) is 0.459. The van der Waals surface area contributed by atoms with E-state index in [9.17, 15) is 5.11 Å². The molecule has 0 atom stereocenters. The van der Waals surface area contributed by atoms with Crippen molar-refractivity contribution in [1.82, 2.24) is 0 Å². The lowest BCUT2D eigenvalue weighted by atomic mass is 10.0. The van der Waals surface area contributed by atoms with Crippen molar-refractivity contribution < 1.29 is 5.11 Å². The van der Waals surface area contributed by atoms with Crippen LogP contribution in [0.5, 0.6) is 5.75 Å². The Bertz CT molecular complexity index is 345. The first-order valence-corrected chi connectivity index (χ1v) is 9.11. The summed E-state index contributed by atoms with van der Waals surface area (Å²) in [6.07, 6.45) is 17.6. The molecule has 0 aromatic heterocycles. The molecule has 0 amide bonds. The number of para-hydroxylation sites is 1. The molecule has 0 saturated heterocycles. The van der Waals surface area contributed by atoms with Crippen molar-refractivity contribution in [2.24, 2.45) is 0 Å². The quantitative estimate of drug-likeness (QED) is 0.404. The van der Waals surface area contributed by atoms with Crippen LogP contribution in [-0.2, 0) is 6.42 Å². The van der Waals surface area contributed by atoms with E-state index in [-0.39, 0.29) is 0 Å². The van der Waals surface area contributed by atoms with Crippen molar-refractivity contribution in [3.05, 3.63) is 29.8 Å². The van der Waals surface area contributed by atoms with Gasteiger partial charge in [0.05, 0.1) is 0 Å². The van der Waals surface area contributed by atoms with E-state index >= 15 is 0 Å². The molecular weight excluding hydrogens is 256 g/mol. The van der Waals surface area contributed by atoms with Crippen LogP contribution in [0.15, 0.2) is 24.3 Å². The van der Waals surface area contributed by atoms with Gasteiger partial charge >= 0.3 is 0 Å². The Hall–Kier alpha value is -0.980. The van der Waals surface area contributed by atoms with Gasteiger partial charge in [-0.2, -0.15) is 0 Å². The van der Waals surface area contributed by atoms with Gasteiger partial charge in [-0.3, -0.25) is 0 Å². The molecule has 0 fully saturated rings. The number of benzene rings is 1. The van der Waals surface area contributed by atoms with E-state index in [0.29, 0.717) is 5.75 Å². The normalized spacial score (nSPS) is 10.9. The van der Waals surface area contributed by atoms with Crippen molar-refractivity contribution in [2.45, 2.75) is 90.4 Å². The standard InChI is InChI=1S/C20H34O/c1-2-3-4-5-6-7-8-9-10-11-12-13-16-19-17-14-15-18-20(19)21/h14-15,17-18,21H,2-13,16H2,1H3. The zero-order chi connectivity index (χ0) is 15.2. The van der Waals surface area contributed by atoms with Gasteiger partial charge in [-0.15, -0.1) is 0 Å². The van der Waals surface area contributed by atoms with Crippen LogP contribution in [0.25, 0.3) is 0 Å². The number of unbranched alkanes of at least 4 members (excludes halogenated alkanes) is 11. The summed E-state index contributed by atoms with van der Waals surface area (Å²) in [5.41, 5.74) is 1.10. The Morgan fingerprint density at radius 2 is 1.14 bits per heavy atom. The van der Waals surface area contributed by atoms with Gasteiger partial charge in [0.25, 0.3) is 0 Å². The maximum atomic E-state index is 9.69. The lowest BCUT2D eigenvalue weighted by Gasteiger charge is -2.04. The fourth-order valence-electron chi connectivity index (χ4n) is 2.88. The Labute approximate surface area is 131 Å². The number of aryl methyl sites for hydroxylation is 1. The second kappa shape index (κ2) is 12.7. The molecule has 1 rings (SSSR count). The number of aromatic hydroxyl groups is 1. The molecule has 0 aliphatic carbocycles. The predicted octanol–water partition coefficient (Wildman–Crippen LogP) is 6.64. The summed E-state index contributed by atoms with van der Waals surface area (Å²) in [4.78, 5) is 0. The van der Waals surface area contributed by atoms with Gasteiger partial charge < -0.3 is 5.11 Å². The molecule has 0 bridgehead atoms. The Balaban J connectivity index is 1.84. The molecule has 1 nitrogen and oxygen atoms in total. The topological polar surface area (TPSA) is 20.2 Å². The van der Waals surface area contributed by atoms with Gasteiger partial charge in [0.15, 0.2) is 0 Å². The van der Waals surface area contributed by atoms with Gasteiger partial charge in [0.2, 0.25) is 0 Å². The minimum Gasteiger partial charge on any atom is -0.508 e. The third kappa shape index (κ3) is 9.55. The summed E-state index contributed by atoms with van der Waals surface area (Å²) in [7, 11) is 0. The van der Waals surface area contributed by atoms with Crippen molar-refractivity contribution in [2.75, 3.05) is 0 Å². The monoisotopic (exact) mass is 290 g/mol. The molecule has 0 aliphatic heterocycles. The van der Waals surface area contributed by atoms with Crippen LogP contribution in [0.3, 0.4) is 0 Å². The smallest absolute Gasteiger partial charge is 0.118 e. The Morgan fingerprint density at radius 3 is 1.67 bits per heavy atom. The van der Waals surface area contributed by atoms with Crippen LogP contribution in [0.1, 0.15) is 89.5 Å². The molecule has 1 heteroatoms. The summed E-state index contributed by atoms with van der Waals surface area (Å²) in [5, 5.41) is 9.69. The molecule has 21 heavy (non-hydrogen) atoms. The van der Waals surface area contributed by atoms with Crippen molar-refractivity contribution in [3.8, 4) is 5.75 Å². The Kier molecular flexibility index (Phi) is 11.0. The molecule has 0 aliphatic rings. The number of hydrogen-bond donors (Lipinski definition) is 1. The number of phenolic OH excluding ortho intramolecular Hbond substituents is 1. The SMILES string of the molecule is CCCCCCCCCCCCCCc1ccccc1O. The fraction of sp³-hybridized carbons (Fsp3) is 0.700. The summed E-state index contributed by atoms with van der Waals surface area (Å²) in [6.45, 7) is 2.28. The van der Waals surface area contributed by atoms with E-state index in [1.54, 1.807) is 6.07 Å². The lowest BCUT2D eigenvalue weighted by Crippen LogP contribution is -1.87. The third-order valence-corrected chi connectivity index (χ3v) is 4.29. The van der Waals surface area contributed by atoms with Crippen LogP contribution in [-0.4, -0.2) is 5.11 Å². The maximum absolute atomic E-state index is 9.69. The second-order valence-corrected chi connectivity index (χ2v) is 6.27. The molecule has 0 saturated carbocycles. The first kappa shape index (κ1) is 18.1. The molecular formula is C20H34O. The van der Waals surface area contributed by atoms with E-state index in [4.69, 9.17) is 0 Å². The minimum absolute atomic E-state index is 0.459. The molecule has 1 aromatic carbocycles. The highest BCUT2D eigenvalue weighted by molar-refractivity contribution is 5.31. The largest absolute Gasteiger partial charge is 0.508 e. The average molecular weight is 290 g/mol. The van der Waals surface area contributed by atoms with Gasteiger partial charge in [-0.1, -0.05) is 95.8 Å². The van der Waals surface area contributed by atoms with Gasteiger partial charge in [0.1, 0.15) is 5.75 Å². The van der Waals surface area contributed by atoms with Crippen molar-refractivity contribution in [3.63, 3.8) is 0 Å². The average Bonchev–Trinajstić information content (AvgIpc) is 2.50. The summed E-state index contributed by atoms with van der Waals surface area (Å²) >= 11 is 0. The number of hydrogen-bond acceptors (Lipinski definition) is 1. The highest BCUT2D eigenvalue weighted by atomic mass is 16.3. The van der Waals surface area contributed by atoms with Gasteiger partial charge in [-0.05, 0) is 24.5 Å². The van der Waals surface area contributed by atoms with Crippen molar-refractivity contribution >= 4 is 0 Å². The number of phenols is 1. The van der Waals surface area contributed by atoms with Crippen LogP contribution >= 0.6 is 0 Å². The molecule has 0 heterocycles. The second-order valence-electron chi connectivity index (χ2n) is 6.27. The van der Waals surface area contributed by atoms with E-state index < -0.39 is 0 Å². The molecule has 120 valence electrons. The molecule has 0 unspecified atom stereocenters. The maximum Gasteiger partial charge on any atom is 0.118 e. The zero-order valence-electron chi connectivity index (χ0n) is 13.9. The van der Waals surface area contributed by atoms with E-state index in [1.165, 1.54) is 77.0 Å². The van der Waals surface area contributed by atoms with E-state index in [0.717, 1.165) is 12.0 Å². The van der Waals surface area contributed by atoms with E-state index in [1.807, 2.05) is 18.2 Å². The first-order valence-electron chi connectivity index (χ1n) is 9.11. The van der Waals surface area contributed by atoms with Crippen LogP contribution < -0.4 is 0 Å². The van der Waals surface area contributed by atoms with Gasteiger partial charge in [-0.25, -0.2) is 0 Å². The van der Waals surface area contributed by atoms with Crippen LogP contribution in [0, 0.1) is 0 Å². The molecule has 0 radical (unpaired) electrons. The van der Waals surface area contributed by atoms with E-state index in [2.05, 4.69) is 6.92 Å². The highest BCUT2D eigenvalue weighted by Crippen LogP contribution is 2.19. The summed E-state index contributed by atoms with van der Waals surface area (Å²) < 4.78 is 0. The van der Waals surface area contributed by atoms with Crippen LogP contribution in [0.2, 0.25) is 0 Å². The zero-order valence-corrected chi connectivity index (χ0v) is 13.9. The minimum atomic E-state index is 0.459. The Morgan fingerprint density at radius 1 is 0.667 bits per heavy atom. The summed E-state index contributed by atoms with van der Waals surface area (Å²) in [6, 6.07) is 7.72. The highest BCUT2D eigenvalue weighted by Gasteiger charge is 1.99. The van der Waals surface area contributed by atoms with Crippen molar-refractivity contribution in [1.29, 1.82) is 0 Å². The lowest BCUT2D eigenvalue weighted by molar-refractivity contribution is 0.466. The van der Waals surface area contributed by atoms with Gasteiger partial charge in [0, 0.05) is 0 Å². The molecule has 1 aromatic rings. The first-order chi connectivity index (χ1) is 10.3. The third-order valence-electron chi connectivity index (χ3n) is 4.29. The number of rotatable bonds is 13. The molecule has 1 N–H and O–H groups in total. The molecule has 0 spiro atoms. The van der Waals surface area contributed by atoms with Crippen LogP contribution in [0.4, 0.5) is 0 Å². The fourth-order valence-corrected chi connectivity index (χ4v) is 2.88.